The second-order valence-corrected chi connectivity index (χ2v) is 32.2. The van der Waals surface area contributed by atoms with E-state index in [1.165, 1.54) is 0 Å². The SMILES string of the molecule is C[Si](C)(C)[Ti+2][Si](C)(C)C. The van der Waals surface area contributed by atoms with Gasteiger partial charge in [0.15, 0.2) is 0 Å². The Kier molecular flexibility index (Phi) is 3.42. The van der Waals surface area contributed by atoms with Gasteiger partial charge in [-0.15, -0.1) is 0 Å². The second kappa shape index (κ2) is 3.03. The summed E-state index contributed by atoms with van der Waals surface area (Å²) in [5.74, 6) is -1.21. The van der Waals surface area contributed by atoms with Gasteiger partial charge >= 0.3 is 68.8 Å². The molecule has 0 aliphatic rings. The summed E-state index contributed by atoms with van der Waals surface area (Å²) in [7, 11) is 0. The molecule has 0 aliphatic carbocycles. The Hall–Kier alpha value is 1.15. The molecule has 0 amide bonds. The summed E-state index contributed by atoms with van der Waals surface area (Å²) >= 11 is 0.486. The van der Waals surface area contributed by atoms with Gasteiger partial charge in [0.1, 0.15) is 0 Å². The zero-order chi connectivity index (χ0) is 7.71. The molecule has 0 aromatic rings. The molecule has 0 rings (SSSR count). The van der Waals surface area contributed by atoms with Crippen LogP contribution in [0.2, 0.25) is 39.3 Å². The third-order valence-corrected chi connectivity index (χ3v) is 27.8. The monoisotopic (exact) mass is 194 g/mol. The Balaban J connectivity index is 3.75. The molecule has 3 heteroatoms. The summed E-state index contributed by atoms with van der Waals surface area (Å²) < 4.78 is 0. The van der Waals surface area contributed by atoms with Crippen LogP contribution >= 0.6 is 0 Å². The van der Waals surface area contributed by atoms with E-state index < -0.39 is 11.9 Å². The van der Waals surface area contributed by atoms with Crippen LogP contribution in [0.15, 0.2) is 0 Å². The summed E-state index contributed by atoms with van der Waals surface area (Å²) in [6, 6.07) is 0. The predicted molar refractivity (Wildman–Crippen MR) is 46.7 cm³/mol. The van der Waals surface area contributed by atoms with E-state index in [0.29, 0.717) is 17.7 Å². The van der Waals surface area contributed by atoms with Gasteiger partial charge in [0.05, 0.1) is 0 Å². The Morgan fingerprint density at radius 2 is 0.889 bits per heavy atom. The first-order chi connectivity index (χ1) is 3.71. The minimum atomic E-state index is -0.606. The Morgan fingerprint density at radius 1 is 0.667 bits per heavy atom. The van der Waals surface area contributed by atoms with Crippen molar-refractivity contribution >= 4 is 11.9 Å². The summed E-state index contributed by atoms with van der Waals surface area (Å²) in [5.41, 5.74) is 0. The molecule has 0 fully saturated rings. The summed E-state index contributed by atoms with van der Waals surface area (Å²) in [5, 5.41) is 0. The number of hydrogen-bond acceptors (Lipinski definition) is 0. The molecule has 0 N–H and O–H groups in total. The number of rotatable bonds is 2. The first kappa shape index (κ1) is 10.1. The summed E-state index contributed by atoms with van der Waals surface area (Å²) in [6.07, 6.45) is 0. The zero-order valence-electron chi connectivity index (χ0n) is 7.50. The van der Waals surface area contributed by atoms with Gasteiger partial charge in [0.2, 0.25) is 0 Å². The van der Waals surface area contributed by atoms with Gasteiger partial charge in [0, 0.05) is 0 Å². The van der Waals surface area contributed by atoms with Gasteiger partial charge in [-0.05, 0) is 0 Å². The molecule has 52 valence electrons. The maximum absolute atomic E-state index is 2.52. The fourth-order valence-electron chi connectivity index (χ4n) is 1.12. The van der Waals surface area contributed by atoms with E-state index in [4.69, 9.17) is 0 Å². The van der Waals surface area contributed by atoms with Crippen LogP contribution in [-0.4, -0.2) is 11.9 Å². The molecular weight excluding hydrogens is 176 g/mol. The normalized spacial score (nSPS) is 13.1. The molecule has 9 heavy (non-hydrogen) atoms. The minimum absolute atomic E-state index is 0.486. The zero-order valence-corrected chi connectivity index (χ0v) is 11.1. The van der Waals surface area contributed by atoms with Crippen LogP contribution < -0.4 is 0 Å². The van der Waals surface area contributed by atoms with Crippen LogP contribution in [0.4, 0.5) is 0 Å². The van der Waals surface area contributed by atoms with Crippen molar-refractivity contribution in [3.05, 3.63) is 0 Å². The van der Waals surface area contributed by atoms with Crippen LogP contribution in [-0.2, 0) is 17.7 Å². The van der Waals surface area contributed by atoms with E-state index in [2.05, 4.69) is 39.3 Å². The molecule has 0 aromatic heterocycles. The third kappa shape index (κ3) is 9.15. The summed E-state index contributed by atoms with van der Waals surface area (Å²) in [4.78, 5) is 0. The van der Waals surface area contributed by atoms with Crippen LogP contribution in [0.5, 0.6) is 0 Å². The molecule has 0 spiro atoms. The standard InChI is InChI=1S/2C3H9Si.Ti/c2*1-4(2)3;/h2*1-3H3;/q;;+2. The molecule has 0 unspecified atom stereocenters. The quantitative estimate of drug-likeness (QED) is 0.593. The van der Waals surface area contributed by atoms with Crippen molar-refractivity contribution in [2.24, 2.45) is 0 Å². The van der Waals surface area contributed by atoms with Gasteiger partial charge in [-0.1, -0.05) is 0 Å². The van der Waals surface area contributed by atoms with E-state index in [-0.39, 0.29) is 0 Å². The van der Waals surface area contributed by atoms with Crippen molar-refractivity contribution in [3.63, 3.8) is 0 Å². The topological polar surface area (TPSA) is 0 Å². The van der Waals surface area contributed by atoms with Gasteiger partial charge < -0.3 is 0 Å². The van der Waals surface area contributed by atoms with E-state index in [0.717, 1.165) is 0 Å². The molecule has 0 heterocycles. The molecule has 0 bridgehead atoms. The van der Waals surface area contributed by atoms with E-state index >= 15 is 0 Å². The average Bonchev–Trinajstić information content (AvgIpc) is 1.14. The van der Waals surface area contributed by atoms with Crippen molar-refractivity contribution in [1.29, 1.82) is 0 Å². The Labute approximate surface area is 68.8 Å². The first-order valence-corrected chi connectivity index (χ1v) is 15.2. The molecule has 0 saturated heterocycles. The third-order valence-electron chi connectivity index (χ3n) is 0.750. The van der Waals surface area contributed by atoms with Crippen molar-refractivity contribution in [2.45, 2.75) is 39.3 Å². The predicted octanol–water partition coefficient (Wildman–Crippen LogP) is 2.74. The van der Waals surface area contributed by atoms with Gasteiger partial charge in [0.25, 0.3) is 0 Å². The van der Waals surface area contributed by atoms with Gasteiger partial charge in [-0.25, -0.2) is 0 Å². The molecule has 0 saturated carbocycles. The fraction of sp³-hybridized carbons (Fsp3) is 1.00. The molecule has 0 aliphatic heterocycles. The Bertz CT molecular complexity index is 76.2. The molecule has 0 nitrogen and oxygen atoms in total. The van der Waals surface area contributed by atoms with Crippen molar-refractivity contribution in [3.8, 4) is 0 Å². The molecule has 0 aromatic carbocycles. The van der Waals surface area contributed by atoms with Crippen molar-refractivity contribution in [1.82, 2.24) is 0 Å². The van der Waals surface area contributed by atoms with E-state index in [9.17, 15) is 0 Å². The van der Waals surface area contributed by atoms with Crippen molar-refractivity contribution < 1.29 is 17.7 Å². The van der Waals surface area contributed by atoms with Gasteiger partial charge in [-0.3, -0.25) is 0 Å². The molecule has 0 radical (unpaired) electrons. The second-order valence-electron chi connectivity index (χ2n) is 4.62. The van der Waals surface area contributed by atoms with Crippen LogP contribution in [0.25, 0.3) is 0 Å². The fourth-order valence-corrected chi connectivity index (χ4v) is 41.7. The average molecular weight is 194 g/mol. The summed E-state index contributed by atoms with van der Waals surface area (Å²) in [6.45, 7) is 15.1. The van der Waals surface area contributed by atoms with Crippen LogP contribution in [0.1, 0.15) is 0 Å². The van der Waals surface area contributed by atoms with E-state index in [1.54, 1.807) is 0 Å². The molecular formula is C6H18Si2Ti+2. The van der Waals surface area contributed by atoms with Crippen LogP contribution in [0.3, 0.4) is 0 Å². The van der Waals surface area contributed by atoms with Crippen LogP contribution in [0, 0.1) is 0 Å². The van der Waals surface area contributed by atoms with E-state index in [1.807, 2.05) is 0 Å². The number of hydrogen-bond donors (Lipinski definition) is 0. The first-order valence-electron chi connectivity index (χ1n) is 3.50. The molecule has 0 atom stereocenters. The maximum atomic E-state index is 2.52. The Morgan fingerprint density at radius 3 is 0.889 bits per heavy atom. The van der Waals surface area contributed by atoms with Crippen molar-refractivity contribution in [2.75, 3.05) is 0 Å². The van der Waals surface area contributed by atoms with Gasteiger partial charge in [-0.2, -0.15) is 0 Å².